The number of thioether (sulfide) groups is 1. The molecule has 0 aliphatic carbocycles. The molecule has 0 aliphatic heterocycles. The molecule has 0 bridgehead atoms. The Balaban J connectivity index is 1.63. The van der Waals surface area contributed by atoms with Crippen molar-refractivity contribution in [2.75, 3.05) is 0 Å². The van der Waals surface area contributed by atoms with Crippen LogP contribution >= 0.6 is 11.8 Å². The second kappa shape index (κ2) is 8.03. The number of carbonyl (C=O) groups excluding carboxylic acids is 1. The van der Waals surface area contributed by atoms with Gasteiger partial charge in [-0.2, -0.15) is 0 Å². The van der Waals surface area contributed by atoms with Gasteiger partial charge in [-0.05, 0) is 40.6 Å². The van der Waals surface area contributed by atoms with Gasteiger partial charge in [0.2, 0.25) is 5.16 Å². The van der Waals surface area contributed by atoms with E-state index in [9.17, 15) is 9.90 Å². The van der Waals surface area contributed by atoms with Crippen LogP contribution in [0.3, 0.4) is 0 Å². The molecule has 0 aliphatic rings. The molecular weight excluding hydrogens is 402 g/mol. The van der Waals surface area contributed by atoms with Crippen LogP contribution in [0.25, 0.3) is 10.8 Å². The van der Waals surface area contributed by atoms with Crippen molar-refractivity contribution in [2.45, 2.75) is 17.8 Å². The van der Waals surface area contributed by atoms with E-state index in [1.807, 2.05) is 37.3 Å². The van der Waals surface area contributed by atoms with Gasteiger partial charge in [-0.15, -0.1) is 5.10 Å². The predicted molar refractivity (Wildman–Crippen MR) is 114 cm³/mol. The third-order valence-electron chi connectivity index (χ3n) is 4.65. The summed E-state index contributed by atoms with van der Waals surface area (Å²) in [7, 11) is 1.80. The number of hydrogen-bond acceptors (Lipinski definition) is 7. The van der Waals surface area contributed by atoms with Crippen LogP contribution in [0.1, 0.15) is 21.5 Å². The number of ether oxygens (including phenoxy) is 1. The van der Waals surface area contributed by atoms with E-state index in [1.165, 1.54) is 6.07 Å². The van der Waals surface area contributed by atoms with Gasteiger partial charge in [-0.3, -0.25) is 4.79 Å². The normalized spacial score (nSPS) is 11.0. The molecule has 9 heteroatoms. The molecule has 30 heavy (non-hydrogen) atoms. The number of nitrogens with two attached hydrogens (primary N) is 1. The molecule has 1 amide bonds. The molecule has 3 aromatic carbocycles. The first kappa shape index (κ1) is 19.7. The van der Waals surface area contributed by atoms with Crippen molar-refractivity contribution in [3.8, 4) is 17.2 Å². The number of rotatable bonds is 6. The van der Waals surface area contributed by atoms with Crippen LogP contribution in [0.4, 0.5) is 0 Å². The number of aromatic nitrogens is 4. The highest BCUT2D eigenvalue weighted by Gasteiger charge is 2.17. The van der Waals surface area contributed by atoms with Crippen LogP contribution in [-0.2, 0) is 12.8 Å². The molecule has 152 valence electrons. The Kier molecular flexibility index (Phi) is 5.28. The van der Waals surface area contributed by atoms with Gasteiger partial charge in [-0.1, -0.05) is 48.2 Å². The van der Waals surface area contributed by atoms with Crippen LogP contribution in [0.5, 0.6) is 17.2 Å². The maximum atomic E-state index is 11.8. The summed E-state index contributed by atoms with van der Waals surface area (Å²) in [5.41, 5.74) is 7.48. The number of aryl methyl sites for hydroxylation is 2. The van der Waals surface area contributed by atoms with Crippen LogP contribution in [0, 0.1) is 6.92 Å². The Morgan fingerprint density at radius 2 is 1.93 bits per heavy atom. The molecule has 4 rings (SSSR count). The summed E-state index contributed by atoms with van der Waals surface area (Å²) in [6.07, 6.45) is 0. The number of nitrogens with zero attached hydrogens (tertiary/aromatic N) is 4. The Labute approximate surface area is 176 Å². The predicted octanol–water partition coefficient (Wildman–Crippen LogP) is 3.56. The Bertz CT molecular complexity index is 1250. The summed E-state index contributed by atoms with van der Waals surface area (Å²) in [5.74, 6) is 0.949. The first-order valence-corrected chi connectivity index (χ1v) is 10.1. The highest BCUT2D eigenvalue weighted by molar-refractivity contribution is 7.98. The third kappa shape index (κ3) is 3.79. The molecule has 0 saturated carbocycles. The minimum Gasteiger partial charge on any atom is -0.506 e. The molecule has 0 saturated heterocycles. The maximum Gasteiger partial charge on any atom is 0.252 e. The van der Waals surface area contributed by atoms with E-state index in [1.54, 1.807) is 35.6 Å². The first-order valence-electron chi connectivity index (χ1n) is 9.11. The van der Waals surface area contributed by atoms with Gasteiger partial charge in [0.1, 0.15) is 17.2 Å². The van der Waals surface area contributed by atoms with Crippen LogP contribution in [0.2, 0.25) is 0 Å². The van der Waals surface area contributed by atoms with Crippen LogP contribution < -0.4 is 10.5 Å². The second-order valence-electron chi connectivity index (χ2n) is 6.76. The minimum atomic E-state index is -0.717. The van der Waals surface area contributed by atoms with Crippen molar-refractivity contribution in [2.24, 2.45) is 12.8 Å². The molecule has 1 heterocycles. The number of aromatic hydroxyl groups is 1. The fourth-order valence-electron chi connectivity index (χ4n) is 3.12. The summed E-state index contributed by atoms with van der Waals surface area (Å²) in [6.45, 7) is 1.95. The van der Waals surface area contributed by atoms with E-state index in [0.717, 1.165) is 16.3 Å². The van der Waals surface area contributed by atoms with Gasteiger partial charge in [0.25, 0.3) is 5.91 Å². The monoisotopic (exact) mass is 421 g/mol. The maximum absolute atomic E-state index is 11.8. The van der Waals surface area contributed by atoms with Gasteiger partial charge in [0, 0.05) is 23.6 Å². The van der Waals surface area contributed by atoms with E-state index in [-0.39, 0.29) is 11.3 Å². The quantitative estimate of drug-likeness (QED) is 0.457. The van der Waals surface area contributed by atoms with E-state index >= 15 is 0 Å². The summed E-state index contributed by atoms with van der Waals surface area (Å²) in [4.78, 5) is 11.8. The topological polar surface area (TPSA) is 116 Å². The van der Waals surface area contributed by atoms with Crippen molar-refractivity contribution in [1.82, 2.24) is 20.2 Å². The molecule has 8 nitrogen and oxygen atoms in total. The third-order valence-corrected chi connectivity index (χ3v) is 5.73. The average Bonchev–Trinajstić information content (AvgIpc) is 3.14. The van der Waals surface area contributed by atoms with Gasteiger partial charge in [-0.25, -0.2) is 4.68 Å². The van der Waals surface area contributed by atoms with Gasteiger partial charge < -0.3 is 15.6 Å². The molecule has 3 N–H and O–H groups in total. The van der Waals surface area contributed by atoms with Crippen molar-refractivity contribution in [3.63, 3.8) is 0 Å². The number of amides is 1. The summed E-state index contributed by atoms with van der Waals surface area (Å²) in [6, 6.07) is 14.5. The second-order valence-corrected chi connectivity index (χ2v) is 7.70. The number of primary amides is 1. The van der Waals surface area contributed by atoms with E-state index in [2.05, 4.69) is 15.5 Å². The number of benzene rings is 3. The lowest BCUT2D eigenvalue weighted by Crippen LogP contribution is -2.11. The van der Waals surface area contributed by atoms with Gasteiger partial charge in [0.15, 0.2) is 0 Å². The number of hydrogen-bond donors (Lipinski definition) is 2. The molecule has 0 fully saturated rings. The Hall–Kier alpha value is -3.59. The van der Waals surface area contributed by atoms with Crippen molar-refractivity contribution >= 4 is 28.4 Å². The molecule has 0 atom stereocenters. The molecule has 1 aromatic heterocycles. The highest BCUT2D eigenvalue weighted by Crippen LogP contribution is 2.38. The lowest BCUT2D eigenvalue weighted by molar-refractivity contribution is 0.0997. The summed E-state index contributed by atoms with van der Waals surface area (Å²) < 4.78 is 7.76. The van der Waals surface area contributed by atoms with Crippen LogP contribution in [0.15, 0.2) is 53.7 Å². The van der Waals surface area contributed by atoms with Gasteiger partial charge in [0.05, 0.1) is 5.56 Å². The standard InChI is InChI=1S/C21H19N5O3S/c1-12-9-13(11-30-21-23-24-25-26(21)2)7-8-17(12)29-18-10-16(20(22)28)19(27)15-6-4-3-5-14(15)18/h3-10,27H,11H2,1-2H3,(H2,22,28). The zero-order valence-electron chi connectivity index (χ0n) is 16.4. The van der Waals surface area contributed by atoms with E-state index in [4.69, 9.17) is 10.5 Å². The molecule has 4 aromatic rings. The zero-order valence-corrected chi connectivity index (χ0v) is 17.2. The smallest absolute Gasteiger partial charge is 0.252 e. The molecule has 0 unspecified atom stereocenters. The van der Waals surface area contributed by atoms with Crippen molar-refractivity contribution in [1.29, 1.82) is 0 Å². The van der Waals surface area contributed by atoms with Gasteiger partial charge >= 0.3 is 0 Å². The number of carbonyl (C=O) groups is 1. The zero-order chi connectivity index (χ0) is 21.3. The first-order chi connectivity index (χ1) is 14.4. The number of fused-ring (bicyclic) bond motifs is 1. The lowest BCUT2D eigenvalue weighted by Gasteiger charge is -2.14. The average molecular weight is 421 g/mol. The molecule has 0 spiro atoms. The van der Waals surface area contributed by atoms with E-state index < -0.39 is 5.91 Å². The summed E-state index contributed by atoms with van der Waals surface area (Å²) >= 11 is 1.54. The fourth-order valence-corrected chi connectivity index (χ4v) is 3.92. The lowest BCUT2D eigenvalue weighted by atomic mass is 10.0. The largest absolute Gasteiger partial charge is 0.506 e. The number of phenols is 1. The van der Waals surface area contributed by atoms with Crippen molar-refractivity contribution in [3.05, 3.63) is 65.2 Å². The molecule has 0 radical (unpaired) electrons. The fraction of sp³-hybridized carbons (Fsp3) is 0.143. The van der Waals surface area contributed by atoms with E-state index in [0.29, 0.717) is 28.0 Å². The van der Waals surface area contributed by atoms with Crippen LogP contribution in [-0.4, -0.2) is 31.2 Å². The SMILES string of the molecule is Cc1cc(CSc2nnnn2C)ccc1Oc1cc(C(N)=O)c(O)c2ccccc12. The Morgan fingerprint density at radius 3 is 2.60 bits per heavy atom. The Morgan fingerprint density at radius 1 is 1.17 bits per heavy atom. The van der Waals surface area contributed by atoms with Crippen molar-refractivity contribution < 1.29 is 14.6 Å². The number of tetrazole rings is 1. The summed E-state index contributed by atoms with van der Waals surface area (Å²) in [5, 5.41) is 23.7. The molecular formula is C21H19N5O3S. The highest BCUT2D eigenvalue weighted by atomic mass is 32.2. The minimum absolute atomic E-state index is 0.0201.